The molecule has 2 aliphatic heterocycles. The van der Waals surface area contributed by atoms with Crippen molar-refractivity contribution < 1.29 is 24.4 Å². The minimum absolute atomic E-state index is 0.189. The monoisotopic (exact) mass is 515 g/mol. The molecule has 12 heteroatoms. The van der Waals surface area contributed by atoms with Gasteiger partial charge in [-0.3, -0.25) is 19.7 Å². The van der Waals surface area contributed by atoms with Gasteiger partial charge in [0, 0.05) is 28.5 Å². The summed E-state index contributed by atoms with van der Waals surface area (Å²) in [5, 5.41) is 21.9. The number of ether oxygens (including phenoxy) is 1. The number of H-pyrrole nitrogens is 1. The minimum atomic E-state index is -0.870. The van der Waals surface area contributed by atoms with Gasteiger partial charge in [0.1, 0.15) is 16.7 Å². The molecule has 9 nitrogen and oxygen atoms in total. The van der Waals surface area contributed by atoms with Crippen molar-refractivity contribution >= 4 is 58.5 Å². The summed E-state index contributed by atoms with van der Waals surface area (Å²) < 4.78 is 5.90. The van der Waals surface area contributed by atoms with Gasteiger partial charge in [-0.2, -0.15) is 0 Å². The van der Waals surface area contributed by atoms with Crippen LogP contribution in [0.2, 0.25) is 0 Å². The number of hydrogen-bond donors (Lipinski definition) is 2. The normalized spacial score (nSPS) is 21.3. The number of rotatable bonds is 5. The van der Waals surface area contributed by atoms with E-state index in [1.807, 2.05) is 6.92 Å². The van der Waals surface area contributed by atoms with Crippen LogP contribution < -0.4 is 9.64 Å². The quantitative estimate of drug-likeness (QED) is 0.218. The van der Waals surface area contributed by atoms with Gasteiger partial charge in [0.05, 0.1) is 28.2 Å². The standard InChI is InChI=1S/C22H17N3O6S3/c1-2-31-12-6-3-10(4-7-12)24-20(27)16-15(13-9-11(25(29)30)5-8-14(13)26)17-19(23-22(32)34-17)33-18(16)21(24)28/h3-9,15-16,18,26H,2H2,1H3,(H,23,32)/t15-,16+,18-/m0/s1. The first-order chi connectivity index (χ1) is 16.3. The Morgan fingerprint density at radius 1 is 1.21 bits per heavy atom. The lowest BCUT2D eigenvalue weighted by Crippen LogP contribution is -2.32. The number of thioether (sulfide) groups is 1. The van der Waals surface area contributed by atoms with Crippen LogP contribution >= 0.6 is 35.3 Å². The predicted octanol–water partition coefficient (Wildman–Crippen LogP) is 4.61. The highest BCUT2D eigenvalue weighted by atomic mass is 32.2. The molecule has 3 aromatic rings. The number of fused-ring (bicyclic) bond motifs is 2. The maximum Gasteiger partial charge on any atom is 0.269 e. The van der Waals surface area contributed by atoms with Crippen LogP contribution in [-0.4, -0.2) is 38.7 Å². The third kappa shape index (κ3) is 3.58. The number of amides is 2. The summed E-state index contributed by atoms with van der Waals surface area (Å²) in [6.07, 6.45) is 0. The van der Waals surface area contributed by atoms with Crippen LogP contribution in [0.4, 0.5) is 11.4 Å². The van der Waals surface area contributed by atoms with Crippen LogP contribution in [0.15, 0.2) is 47.5 Å². The van der Waals surface area contributed by atoms with Crippen molar-refractivity contribution in [2.24, 2.45) is 5.92 Å². The molecule has 5 rings (SSSR count). The molecule has 2 aliphatic rings. The van der Waals surface area contributed by atoms with Gasteiger partial charge >= 0.3 is 0 Å². The number of aromatic nitrogens is 1. The van der Waals surface area contributed by atoms with Gasteiger partial charge in [0.25, 0.3) is 5.69 Å². The zero-order valence-corrected chi connectivity index (χ0v) is 20.0. The van der Waals surface area contributed by atoms with Crippen LogP contribution in [0.3, 0.4) is 0 Å². The number of phenolic OH excluding ortho intramolecular Hbond substituents is 1. The Labute approximate surface area is 206 Å². The number of non-ortho nitro benzene ring substituents is 1. The maximum atomic E-state index is 13.7. The van der Waals surface area contributed by atoms with Crippen molar-refractivity contribution in [3.8, 4) is 11.5 Å². The molecule has 1 saturated heterocycles. The number of thiazole rings is 1. The summed E-state index contributed by atoms with van der Waals surface area (Å²) in [7, 11) is 0. The number of carbonyl (C=O) groups is 2. The molecule has 2 N–H and O–H groups in total. The highest BCUT2D eigenvalue weighted by Gasteiger charge is 2.56. The summed E-state index contributed by atoms with van der Waals surface area (Å²) in [6.45, 7) is 2.34. The van der Waals surface area contributed by atoms with Gasteiger partial charge < -0.3 is 14.8 Å². The smallest absolute Gasteiger partial charge is 0.269 e. The van der Waals surface area contributed by atoms with E-state index in [-0.39, 0.29) is 17.0 Å². The average molecular weight is 516 g/mol. The highest BCUT2D eigenvalue weighted by Crippen LogP contribution is 2.55. The number of carbonyl (C=O) groups excluding carboxylic acids is 2. The van der Waals surface area contributed by atoms with Crippen molar-refractivity contribution in [3.05, 3.63) is 67.0 Å². The van der Waals surface area contributed by atoms with Crippen LogP contribution in [0, 0.1) is 20.0 Å². The Morgan fingerprint density at radius 3 is 2.62 bits per heavy atom. The number of aromatic hydroxyl groups is 1. The van der Waals surface area contributed by atoms with Crippen molar-refractivity contribution in [3.63, 3.8) is 0 Å². The van der Waals surface area contributed by atoms with Gasteiger partial charge in [-0.15, -0.1) is 11.3 Å². The van der Waals surface area contributed by atoms with E-state index in [9.17, 15) is 24.8 Å². The van der Waals surface area contributed by atoms with Crippen molar-refractivity contribution in [1.29, 1.82) is 0 Å². The molecule has 34 heavy (non-hydrogen) atoms. The Hall–Kier alpha value is -3.22. The summed E-state index contributed by atoms with van der Waals surface area (Å²) in [6, 6.07) is 10.4. The van der Waals surface area contributed by atoms with E-state index in [0.717, 1.165) is 4.90 Å². The lowest BCUT2D eigenvalue weighted by Gasteiger charge is -2.30. The third-order valence-corrected chi connectivity index (χ3v) is 8.54. The van der Waals surface area contributed by atoms with E-state index in [0.29, 0.717) is 31.9 Å². The summed E-state index contributed by atoms with van der Waals surface area (Å²) in [5.41, 5.74) is 0.404. The second-order valence-corrected chi connectivity index (χ2v) is 10.6. The van der Waals surface area contributed by atoms with E-state index in [1.54, 1.807) is 24.3 Å². The lowest BCUT2D eigenvalue weighted by atomic mass is 9.82. The van der Waals surface area contributed by atoms with Crippen molar-refractivity contribution in [1.82, 2.24) is 4.98 Å². The Balaban J connectivity index is 1.63. The van der Waals surface area contributed by atoms with Gasteiger partial charge in [-0.25, -0.2) is 4.90 Å². The third-order valence-electron chi connectivity index (χ3n) is 5.79. The zero-order chi connectivity index (χ0) is 24.1. The molecule has 1 fully saturated rings. The van der Waals surface area contributed by atoms with E-state index >= 15 is 0 Å². The number of hydrogen-bond acceptors (Lipinski definition) is 9. The van der Waals surface area contributed by atoms with Gasteiger partial charge in [0.2, 0.25) is 11.8 Å². The lowest BCUT2D eigenvalue weighted by molar-refractivity contribution is -0.385. The number of aromatic amines is 1. The van der Waals surface area contributed by atoms with Crippen LogP contribution in [0.25, 0.3) is 0 Å². The topological polar surface area (TPSA) is 126 Å². The molecule has 1 aromatic heterocycles. The Bertz CT molecular complexity index is 1380. The fraction of sp³-hybridized carbons (Fsp3) is 0.227. The second-order valence-electron chi connectivity index (χ2n) is 7.69. The fourth-order valence-corrected chi connectivity index (χ4v) is 7.32. The molecule has 174 valence electrons. The first kappa shape index (κ1) is 22.6. The molecule has 0 aliphatic carbocycles. The number of nitrogens with one attached hydrogen (secondary N) is 1. The number of nitro groups is 1. The van der Waals surface area contributed by atoms with E-state index in [1.165, 1.54) is 41.3 Å². The first-order valence-corrected chi connectivity index (χ1v) is 12.4. The summed E-state index contributed by atoms with van der Waals surface area (Å²) >= 11 is 7.75. The summed E-state index contributed by atoms with van der Waals surface area (Å²) in [4.78, 5) is 42.9. The second kappa shape index (κ2) is 8.53. The Morgan fingerprint density at radius 2 is 1.94 bits per heavy atom. The predicted molar refractivity (Wildman–Crippen MR) is 129 cm³/mol. The molecule has 0 spiro atoms. The summed E-state index contributed by atoms with van der Waals surface area (Å²) in [5.74, 6) is -2.05. The number of benzene rings is 2. The molecule has 3 atom stereocenters. The molecule has 3 heterocycles. The SMILES string of the molecule is CCOc1ccc(N2C(=O)[C@@H]3[C@H](c4cc([N+](=O)[O-])ccc4O)c4sc(=S)[nH]c4S[C@@H]3C2=O)cc1. The number of imide groups is 1. The zero-order valence-electron chi connectivity index (χ0n) is 17.6. The number of nitro benzene ring substituents is 1. The van der Waals surface area contributed by atoms with E-state index < -0.39 is 33.8 Å². The van der Waals surface area contributed by atoms with Crippen molar-refractivity contribution in [2.75, 3.05) is 11.5 Å². The van der Waals surface area contributed by atoms with E-state index in [2.05, 4.69) is 4.98 Å². The largest absolute Gasteiger partial charge is 0.508 e. The van der Waals surface area contributed by atoms with Crippen LogP contribution in [-0.2, 0) is 9.59 Å². The highest BCUT2D eigenvalue weighted by molar-refractivity contribution is 8.01. The van der Waals surface area contributed by atoms with Crippen molar-refractivity contribution in [2.45, 2.75) is 23.1 Å². The van der Waals surface area contributed by atoms with Gasteiger partial charge in [-0.1, -0.05) is 11.8 Å². The van der Waals surface area contributed by atoms with Gasteiger partial charge in [0.15, 0.2) is 3.95 Å². The fourth-order valence-electron chi connectivity index (χ4n) is 4.37. The molecular formula is C22H17N3O6S3. The molecular weight excluding hydrogens is 498 g/mol. The number of nitrogens with zero attached hydrogens (tertiary/aromatic N) is 2. The molecule has 2 aromatic carbocycles. The molecule has 0 bridgehead atoms. The minimum Gasteiger partial charge on any atom is -0.508 e. The maximum absolute atomic E-state index is 13.7. The molecule has 0 radical (unpaired) electrons. The van der Waals surface area contributed by atoms with Gasteiger partial charge in [-0.05, 0) is 49.5 Å². The molecule has 0 saturated carbocycles. The van der Waals surface area contributed by atoms with Crippen LogP contribution in [0.1, 0.15) is 23.3 Å². The molecule has 2 amide bonds. The van der Waals surface area contributed by atoms with E-state index in [4.69, 9.17) is 17.0 Å². The Kier molecular flexibility index (Phi) is 5.66. The first-order valence-electron chi connectivity index (χ1n) is 10.3. The van der Waals surface area contributed by atoms with Crippen LogP contribution in [0.5, 0.6) is 11.5 Å². The molecule has 0 unspecified atom stereocenters. The average Bonchev–Trinajstić information content (AvgIpc) is 3.30. The number of anilines is 1. The number of phenols is 1.